The third kappa shape index (κ3) is 5.51. The van der Waals surface area contributed by atoms with Gasteiger partial charge in [0.15, 0.2) is 5.78 Å². The van der Waals surface area contributed by atoms with Crippen molar-refractivity contribution in [3.8, 4) is 0 Å². The summed E-state index contributed by atoms with van der Waals surface area (Å²) in [4.78, 5) is 21.9. The number of carbonyl (C=O) groups is 2. The number of rotatable bonds is 5. The summed E-state index contributed by atoms with van der Waals surface area (Å²) in [6.45, 7) is 3.11. The van der Waals surface area contributed by atoms with Crippen LogP contribution in [0, 0.1) is 0 Å². The Morgan fingerprint density at radius 1 is 1.20 bits per heavy atom. The predicted molar refractivity (Wildman–Crippen MR) is 66.4 cm³/mol. The van der Waals surface area contributed by atoms with Gasteiger partial charge in [-0.2, -0.15) is 13.2 Å². The number of halogens is 3. The van der Waals surface area contributed by atoms with Crippen LogP contribution in [0.15, 0.2) is 48.7 Å². The van der Waals surface area contributed by atoms with E-state index >= 15 is 0 Å². The van der Waals surface area contributed by atoms with E-state index in [4.69, 9.17) is 0 Å². The molecule has 0 fully saturated rings. The van der Waals surface area contributed by atoms with Crippen molar-refractivity contribution < 1.29 is 27.5 Å². The van der Waals surface area contributed by atoms with Crippen LogP contribution < -0.4 is 0 Å². The molecular formula is C14H11F3O3. The molecule has 0 saturated heterocycles. The molecule has 0 radical (unpaired) electrons. The van der Waals surface area contributed by atoms with Gasteiger partial charge in [-0.05, 0) is 11.6 Å². The van der Waals surface area contributed by atoms with E-state index in [-0.39, 0.29) is 0 Å². The van der Waals surface area contributed by atoms with Crippen LogP contribution in [0.5, 0.6) is 0 Å². The van der Waals surface area contributed by atoms with Crippen molar-refractivity contribution in [2.75, 3.05) is 0 Å². The summed E-state index contributed by atoms with van der Waals surface area (Å²) in [5.74, 6) is -3.45. The maximum absolute atomic E-state index is 11.9. The van der Waals surface area contributed by atoms with Gasteiger partial charge >= 0.3 is 12.1 Å². The van der Waals surface area contributed by atoms with Gasteiger partial charge in [-0.15, -0.1) is 0 Å². The molecule has 1 aromatic carbocycles. The molecule has 0 aliphatic heterocycles. The molecule has 106 valence electrons. The van der Waals surface area contributed by atoms with Crippen LogP contribution in [0.3, 0.4) is 0 Å². The summed E-state index contributed by atoms with van der Waals surface area (Å²) >= 11 is 0. The zero-order valence-corrected chi connectivity index (χ0v) is 10.3. The maximum atomic E-state index is 11.9. The van der Waals surface area contributed by atoms with Gasteiger partial charge in [0.2, 0.25) is 0 Å². The Kier molecular flexibility index (Phi) is 5.25. The molecule has 20 heavy (non-hydrogen) atoms. The monoisotopic (exact) mass is 284 g/mol. The Hall–Kier alpha value is -2.37. The lowest BCUT2D eigenvalue weighted by Gasteiger charge is -2.07. The van der Waals surface area contributed by atoms with Crippen LogP contribution in [0.2, 0.25) is 0 Å². The molecular weight excluding hydrogens is 273 g/mol. The molecule has 0 heterocycles. The third-order valence-electron chi connectivity index (χ3n) is 2.10. The minimum absolute atomic E-state index is 0.495. The lowest BCUT2D eigenvalue weighted by atomic mass is 10.1. The first-order valence-electron chi connectivity index (χ1n) is 5.52. The quantitative estimate of drug-likeness (QED) is 0.473. The standard InChI is InChI=1S/C14H11F3O3/c1-10(20-13(19)14(15,16)17)9-12(18)8-7-11-5-3-2-4-6-11/h2-8H,1,9H2/b8-7+. The second kappa shape index (κ2) is 6.70. The highest BCUT2D eigenvalue weighted by molar-refractivity contribution is 5.95. The molecule has 0 atom stereocenters. The van der Waals surface area contributed by atoms with E-state index in [1.807, 2.05) is 0 Å². The number of allylic oxidation sites excluding steroid dienone is 2. The molecule has 0 bridgehead atoms. The van der Waals surface area contributed by atoms with Crippen LogP contribution >= 0.6 is 0 Å². The molecule has 0 amide bonds. The van der Waals surface area contributed by atoms with E-state index in [9.17, 15) is 22.8 Å². The van der Waals surface area contributed by atoms with Gasteiger partial charge in [0, 0.05) is 0 Å². The summed E-state index contributed by atoms with van der Waals surface area (Å²) in [7, 11) is 0. The molecule has 0 saturated carbocycles. The number of ether oxygens (including phenoxy) is 1. The number of hydrogen-bond acceptors (Lipinski definition) is 3. The number of alkyl halides is 3. The first-order valence-corrected chi connectivity index (χ1v) is 5.52. The fraction of sp³-hybridized carbons (Fsp3) is 0.143. The molecule has 1 aromatic rings. The Morgan fingerprint density at radius 2 is 1.80 bits per heavy atom. The summed E-state index contributed by atoms with van der Waals surface area (Å²) < 4.78 is 39.6. The van der Waals surface area contributed by atoms with Crippen molar-refractivity contribution in [1.82, 2.24) is 0 Å². The normalized spacial score (nSPS) is 11.3. The van der Waals surface area contributed by atoms with Gasteiger partial charge in [-0.25, -0.2) is 4.79 Å². The smallest absolute Gasteiger partial charge is 0.425 e. The van der Waals surface area contributed by atoms with E-state index in [0.29, 0.717) is 0 Å². The number of hydrogen-bond donors (Lipinski definition) is 0. The van der Waals surface area contributed by atoms with Crippen molar-refractivity contribution in [3.63, 3.8) is 0 Å². The molecule has 3 nitrogen and oxygen atoms in total. The second-order valence-electron chi connectivity index (χ2n) is 3.81. The average Bonchev–Trinajstić information content (AvgIpc) is 2.36. The van der Waals surface area contributed by atoms with Crippen molar-refractivity contribution >= 4 is 17.8 Å². The molecule has 0 spiro atoms. The molecule has 0 unspecified atom stereocenters. The first kappa shape index (κ1) is 15.7. The van der Waals surface area contributed by atoms with E-state index < -0.39 is 30.1 Å². The summed E-state index contributed by atoms with van der Waals surface area (Å²) in [5, 5.41) is 0. The van der Waals surface area contributed by atoms with Crippen LogP contribution in [0.1, 0.15) is 12.0 Å². The Bertz CT molecular complexity index is 530. The lowest BCUT2D eigenvalue weighted by molar-refractivity contribution is -0.195. The fourth-order valence-electron chi connectivity index (χ4n) is 1.23. The van der Waals surface area contributed by atoms with Crippen LogP contribution in [-0.2, 0) is 14.3 Å². The van der Waals surface area contributed by atoms with Gasteiger partial charge < -0.3 is 4.74 Å². The van der Waals surface area contributed by atoms with Crippen LogP contribution in [-0.4, -0.2) is 17.9 Å². The van der Waals surface area contributed by atoms with Crippen molar-refractivity contribution in [2.24, 2.45) is 0 Å². The summed E-state index contributed by atoms with van der Waals surface area (Å²) in [5.41, 5.74) is 0.763. The minimum atomic E-state index is -5.11. The van der Waals surface area contributed by atoms with Crippen molar-refractivity contribution in [2.45, 2.75) is 12.6 Å². The highest BCUT2D eigenvalue weighted by Crippen LogP contribution is 2.19. The zero-order chi connectivity index (χ0) is 15.2. The minimum Gasteiger partial charge on any atom is -0.425 e. The van der Waals surface area contributed by atoms with Crippen LogP contribution in [0.25, 0.3) is 6.08 Å². The topological polar surface area (TPSA) is 43.4 Å². The molecule has 0 aliphatic rings. The Labute approximate surface area is 113 Å². The van der Waals surface area contributed by atoms with Gasteiger partial charge in [0.1, 0.15) is 5.76 Å². The highest BCUT2D eigenvalue weighted by atomic mass is 19.4. The zero-order valence-electron chi connectivity index (χ0n) is 10.3. The molecule has 1 rings (SSSR count). The summed E-state index contributed by atoms with van der Waals surface area (Å²) in [6.07, 6.45) is -2.92. The van der Waals surface area contributed by atoms with E-state index in [2.05, 4.69) is 11.3 Å². The second-order valence-corrected chi connectivity index (χ2v) is 3.81. The van der Waals surface area contributed by atoms with E-state index in [1.54, 1.807) is 30.3 Å². The molecule has 6 heteroatoms. The Balaban J connectivity index is 2.49. The van der Waals surface area contributed by atoms with Gasteiger partial charge in [-0.1, -0.05) is 43.0 Å². The maximum Gasteiger partial charge on any atom is 0.491 e. The van der Waals surface area contributed by atoms with Crippen molar-refractivity contribution in [3.05, 3.63) is 54.3 Å². The molecule has 0 N–H and O–H groups in total. The van der Waals surface area contributed by atoms with E-state index in [0.717, 1.165) is 5.56 Å². The van der Waals surface area contributed by atoms with Crippen molar-refractivity contribution in [1.29, 1.82) is 0 Å². The number of benzene rings is 1. The Morgan fingerprint density at radius 3 is 2.35 bits per heavy atom. The summed E-state index contributed by atoms with van der Waals surface area (Å²) in [6, 6.07) is 8.85. The fourth-order valence-corrected chi connectivity index (χ4v) is 1.23. The molecule has 0 aromatic heterocycles. The largest absolute Gasteiger partial charge is 0.491 e. The van der Waals surface area contributed by atoms with Gasteiger partial charge in [-0.3, -0.25) is 4.79 Å². The van der Waals surface area contributed by atoms with Gasteiger partial charge in [0.05, 0.1) is 6.42 Å². The molecule has 0 aliphatic carbocycles. The SMILES string of the molecule is C=C(CC(=O)/C=C/c1ccccc1)OC(=O)C(F)(F)F. The predicted octanol–water partition coefficient (Wildman–Crippen LogP) is 3.28. The van der Waals surface area contributed by atoms with Gasteiger partial charge in [0.25, 0.3) is 0 Å². The number of carbonyl (C=O) groups excluding carboxylic acids is 2. The number of ketones is 1. The lowest BCUT2D eigenvalue weighted by Crippen LogP contribution is -2.25. The van der Waals surface area contributed by atoms with E-state index in [1.165, 1.54) is 12.2 Å². The average molecular weight is 284 g/mol. The number of esters is 1. The first-order chi connectivity index (χ1) is 9.29. The highest BCUT2D eigenvalue weighted by Gasteiger charge is 2.41. The van der Waals surface area contributed by atoms with Crippen LogP contribution in [0.4, 0.5) is 13.2 Å². The third-order valence-corrected chi connectivity index (χ3v) is 2.10.